The van der Waals surface area contributed by atoms with Gasteiger partial charge in [-0.05, 0) is 48.4 Å². The molecule has 1 aliphatic rings. The Kier molecular flexibility index (Phi) is 8.72. The number of carbonyl (C=O) groups excluding carboxylic acids is 1. The van der Waals surface area contributed by atoms with Crippen LogP contribution in [0.25, 0.3) is 0 Å². The number of ether oxygens (including phenoxy) is 1. The fourth-order valence-electron chi connectivity index (χ4n) is 4.04. The van der Waals surface area contributed by atoms with Gasteiger partial charge in [0.05, 0.1) is 11.1 Å². The highest BCUT2D eigenvalue weighted by Gasteiger charge is 2.46. The lowest BCUT2D eigenvalue weighted by Gasteiger charge is -2.47. The molecule has 184 valence electrons. The van der Waals surface area contributed by atoms with Gasteiger partial charge < -0.3 is 9.64 Å². The first-order valence-electron chi connectivity index (χ1n) is 11.0. The van der Waals surface area contributed by atoms with Gasteiger partial charge in [-0.3, -0.25) is 4.79 Å². The highest BCUT2D eigenvalue weighted by molar-refractivity contribution is 8.00. The van der Waals surface area contributed by atoms with Crippen molar-refractivity contribution in [2.24, 2.45) is 0 Å². The average molecular weight is 528 g/mol. The number of carbonyl (C=O) groups is 1. The molecule has 1 aliphatic heterocycles. The Bertz CT molecular complexity index is 1040. The van der Waals surface area contributed by atoms with Crippen molar-refractivity contribution in [3.05, 3.63) is 81.9 Å². The van der Waals surface area contributed by atoms with Crippen molar-refractivity contribution in [1.82, 2.24) is 4.90 Å². The van der Waals surface area contributed by atoms with Gasteiger partial charge in [-0.2, -0.15) is 11.8 Å². The van der Waals surface area contributed by atoms with E-state index in [-0.39, 0.29) is 33.2 Å². The summed E-state index contributed by atoms with van der Waals surface area (Å²) in [5.74, 6) is -0.695. The molecule has 1 fully saturated rings. The van der Waals surface area contributed by atoms with Crippen LogP contribution in [0.1, 0.15) is 57.4 Å². The third-order valence-electron chi connectivity index (χ3n) is 5.54. The van der Waals surface area contributed by atoms with Crippen molar-refractivity contribution < 1.29 is 18.3 Å². The maximum atomic E-state index is 14.5. The fourth-order valence-corrected chi connectivity index (χ4v) is 5.29. The van der Waals surface area contributed by atoms with Crippen molar-refractivity contribution in [2.75, 3.05) is 5.75 Å². The predicted molar refractivity (Wildman–Crippen MR) is 137 cm³/mol. The zero-order valence-corrected chi connectivity index (χ0v) is 22.0. The van der Waals surface area contributed by atoms with E-state index in [1.54, 1.807) is 34.9 Å². The van der Waals surface area contributed by atoms with E-state index in [1.165, 1.54) is 24.3 Å². The molecule has 0 saturated carbocycles. The highest BCUT2D eigenvalue weighted by atomic mass is 35.5. The Hall–Kier alpha value is -1.60. The number of hydrogen-bond acceptors (Lipinski definition) is 3. The van der Waals surface area contributed by atoms with Crippen LogP contribution in [-0.2, 0) is 9.53 Å². The minimum absolute atomic E-state index is 0.0124. The average Bonchev–Trinajstić information content (AvgIpc) is 2.74. The van der Waals surface area contributed by atoms with Gasteiger partial charge in [0.25, 0.3) is 5.91 Å². The summed E-state index contributed by atoms with van der Waals surface area (Å²) in [5.41, 5.74) is 0.970. The molecule has 3 nitrogen and oxygen atoms in total. The van der Waals surface area contributed by atoms with E-state index in [1.807, 2.05) is 6.92 Å². The molecule has 0 aliphatic carbocycles. The van der Waals surface area contributed by atoms with Crippen molar-refractivity contribution in [3.8, 4) is 0 Å². The maximum Gasteiger partial charge on any atom is 0.252 e. The second kappa shape index (κ2) is 11.0. The molecule has 1 amide bonds. The Morgan fingerprint density at radius 3 is 2.47 bits per heavy atom. The monoisotopic (exact) mass is 527 g/mol. The Morgan fingerprint density at radius 2 is 1.88 bits per heavy atom. The molecule has 1 heterocycles. The van der Waals surface area contributed by atoms with Crippen LogP contribution in [0.5, 0.6) is 0 Å². The molecule has 0 spiro atoms. The van der Waals surface area contributed by atoms with Gasteiger partial charge >= 0.3 is 0 Å². The molecule has 0 radical (unpaired) electrons. The molecule has 2 aromatic carbocycles. The Labute approximate surface area is 214 Å². The van der Waals surface area contributed by atoms with Crippen LogP contribution in [0.2, 0.25) is 10.0 Å². The largest absolute Gasteiger partial charge is 0.358 e. The van der Waals surface area contributed by atoms with Crippen molar-refractivity contribution >= 4 is 40.9 Å². The summed E-state index contributed by atoms with van der Waals surface area (Å²) in [6.45, 7) is 12.0. The van der Waals surface area contributed by atoms with E-state index in [9.17, 15) is 13.6 Å². The Balaban J connectivity index is 2.16. The van der Waals surface area contributed by atoms with Crippen LogP contribution < -0.4 is 0 Å². The predicted octanol–water partition coefficient (Wildman–Crippen LogP) is 7.78. The van der Waals surface area contributed by atoms with E-state index in [2.05, 4.69) is 27.4 Å². The minimum Gasteiger partial charge on any atom is -0.358 e. The van der Waals surface area contributed by atoms with Gasteiger partial charge in [0.15, 0.2) is 0 Å². The number of benzene rings is 2. The summed E-state index contributed by atoms with van der Waals surface area (Å²) in [5, 5.41) is 0.185. The van der Waals surface area contributed by atoms with Gasteiger partial charge in [-0.25, -0.2) is 8.78 Å². The second-order valence-electron chi connectivity index (χ2n) is 9.41. The lowest BCUT2D eigenvalue weighted by molar-refractivity contribution is -0.177. The van der Waals surface area contributed by atoms with E-state index in [0.717, 1.165) is 0 Å². The van der Waals surface area contributed by atoms with Gasteiger partial charge in [-0.1, -0.05) is 56.1 Å². The number of morpholine rings is 1. The zero-order chi connectivity index (χ0) is 25.2. The first-order chi connectivity index (χ1) is 15.9. The summed E-state index contributed by atoms with van der Waals surface area (Å²) in [6.07, 6.45) is 0.321. The van der Waals surface area contributed by atoms with Crippen LogP contribution in [0.3, 0.4) is 0 Å². The van der Waals surface area contributed by atoms with Gasteiger partial charge in [-0.15, -0.1) is 6.58 Å². The number of halogens is 4. The lowest BCUT2D eigenvalue weighted by atomic mass is 9.90. The Morgan fingerprint density at radius 1 is 1.18 bits per heavy atom. The maximum absolute atomic E-state index is 14.5. The normalized spacial score (nSPS) is 22.1. The highest BCUT2D eigenvalue weighted by Crippen LogP contribution is 2.45. The standard InChI is InChI=1S/C26H29Cl2F2NO2S/c1-6-7-22-25(32)31(15(2)14-34-26(3,4)5)23(16-8-9-20(28)21(30)12-16)24(33-22)17-10-18(27)13-19(29)11-17/h6,8-13,15,22-24H,1,7,14H2,2-5H3/t15?,22-,23-,24-/m1/s1. The van der Waals surface area contributed by atoms with Crippen LogP contribution in [-0.4, -0.2) is 33.5 Å². The van der Waals surface area contributed by atoms with Crippen molar-refractivity contribution in [2.45, 2.75) is 63.2 Å². The third-order valence-corrected chi connectivity index (χ3v) is 7.58. The molecule has 4 atom stereocenters. The number of hydrogen-bond donors (Lipinski definition) is 0. The van der Waals surface area contributed by atoms with Gasteiger partial charge in [0, 0.05) is 28.0 Å². The van der Waals surface area contributed by atoms with E-state index >= 15 is 0 Å². The summed E-state index contributed by atoms with van der Waals surface area (Å²) in [4.78, 5) is 15.4. The first kappa shape index (κ1) is 27.0. The van der Waals surface area contributed by atoms with E-state index in [0.29, 0.717) is 16.9 Å². The lowest BCUT2D eigenvalue weighted by Crippen LogP contribution is -2.54. The second-order valence-corrected chi connectivity index (χ2v) is 12.1. The number of nitrogens with zero attached hydrogens (tertiary/aromatic N) is 1. The molecule has 0 N–H and O–H groups in total. The molecule has 1 saturated heterocycles. The van der Waals surface area contributed by atoms with E-state index in [4.69, 9.17) is 27.9 Å². The number of rotatable bonds is 7. The summed E-state index contributed by atoms with van der Waals surface area (Å²) in [7, 11) is 0. The van der Waals surface area contributed by atoms with Crippen molar-refractivity contribution in [3.63, 3.8) is 0 Å². The number of amides is 1. The molecule has 8 heteroatoms. The van der Waals surface area contributed by atoms with Gasteiger partial charge in [0.1, 0.15) is 23.8 Å². The molecule has 0 aromatic heterocycles. The topological polar surface area (TPSA) is 29.5 Å². The van der Waals surface area contributed by atoms with Gasteiger partial charge in [0.2, 0.25) is 0 Å². The van der Waals surface area contributed by atoms with Crippen LogP contribution in [0.15, 0.2) is 49.1 Å². The summed E-state index contributed by atoms with van der Waals surface area (Å²) >= 11 is 13.8. The third kappa shape index (κ3) is 6.34. The fraction of sp³-hybridized carbons (Fsp3) is 0.423. The number of thioether (sulfide) groups is 1. The summed E-state index contributed by atoms with van der Waals surface area (Å²) < 4.78 is 35.1. The first-order valence-corrected chi connectivity index (χ1v) is 12.8. The molecule has 34 heavy (non-hydrogen) atoms. The van der Waals surface area contributed by atoms with E-state index < -0.39 is 29.9 Å². The van der Waals surface area contributed by atoms with Crippen LogP contribution >= 0.6 is 35.0 Å². The molecule has 3 rings (SSSR count). The quantitative estimate of drug-likeness (QED) is 0.344. The molecule has 2 aromatic rings. The SMILES string of the molecule is C=CC[C@H]1O[C@H](c2cc(F)cc(Cl)c2)[C@@H](c2ccc(Cl)c(F)c2)N(C(C)CSC(C)(C)C)C1=O. The van der Waals surface area contributed by atoms with Crippen molar-refractivity contribution in [1.29, 1.82) is 0 Å². The molecule has 1 unspecified atom stereocenters. The molecular formula is C26H29Cl2F2NO2S. The molecular weight excluding hydrogens is 499 g/mol. The van der Waals surface area contributed by atoms with Crippen LogP contribution in [0.4, 0.5) is 8.78 Å². The smallest absolute Gasteiger partial charge is 0.252 e. The zero-order valence-electron chi connectivity index (χ0n) is 19.7. The minimum atomic E-state index is -0.806. The molecule has 0 bridgehead atoms. The summed E-state index contributed by atoms with van der Waals surface area (Å²) in [6, 6.07) is 7.65. The van der Waals surface area contributed by atoms with Crippen LogP contribution in [0, 0.1) is 11.6 Å².